The number of ether oxygens (including phenoxy) is 1. The number of pyridine rings is 2. The van der Waals surface area contributed by atoms with Gasteiger partial charge in [-0.1, -0.05) is 12.1 Å². The lowest BCUT2D eigenvalue weighted by Gasteiger charge is -2.21. The molecule has 0 spiro atoms. The highest BCUT2D eigenvalue weighted by Crippen LogP contribution is 2.41. The van der Waals surface area contributed by atoms with Gasteiger partial charge in [-0.2, -0.15) is 5.10 Å². The summed E-state index contributed by atoms with van der Waals surface area (Å²) in [5, 5.41) is 26.4. The summed E-state index contributed by atoms with van der Waals surface area (Å²) in [5.74, 6) is 0.0762. The monoisotopic (exact) mass is 535 g/mol. The van der Waals surface area contributed by atoms with Gasteiger partial charge in [-0.3, -0.25) is 9.78 Å². The third-order valence-electron chi connectivity index (χ3n) is 7.16. The molecule has 5 aromatic rings. The van der Waals surface area contributed by atoms with Crippen LogP contribution in [0.1, 0.15) is 22.3 Å². The molecule has 6 rings (SSSR count). The molecule has 40 heavy (non-hydrogen) atoms. The van der Waals surface area contributed by atoms with Gasteiger partial charge in [-0.15, -0.1) is 0 Å². The lowest BCUT2D eigenvalue weighted by atomic mass is 9.91. The van der Waals surface area contributed by atoms with Crippen LogP contribution in [0.3, 0.4) is 0 Å². The van der Waals surface area contributed by atoms with Crippen LogP contribution in [-0.4, -0.2) is 38.5 Å². The van der Waals surface area contributed by atoms with Crippen LogP contribution >= 0.6 is 0 Å². The molecule has 0 bridgehead atoms. The molecule has 3 N–H and O–H groups in total. The summed E-state index contributed by atoms with van der Waals surface area (Å²) in [6, 6.07) is 13.9. The number of benzene rings is 2. The maximum absolute atomic E-state index is 13.3. The Balaban J connectivity index is 1.47. The second kappa shape index (κ2) is 10.3. The first-order valence-corrected chi connectivity index (χ1v) is 12.9. The van der Waals surface area contributed by atoms with Gasteiger partial charge in [-0.25, -0.2) is 8.91 Å². The van der Waals surface area contributed by atoms with Crippen LogP contribution in [0.5, 0.6) is 5.75 Å². The maximum Gasteiger partial charge on any atom is 0.307 e. The number of rotatable bonds is 8. The highest BCUT2D eigenvalue weighted by Gasteiger charge is 2.23. The van der Waals surface area contributed by atoms with E-state index in [1.54, 1.807) is 29.0 Å². The van der Waals surface area contributed by atoms with Crippen molar-refractivity contribution in [1.82, 2.24) is 14.6 Å². The number of carbonyl (C=O) groups is 1. The highest BCUT2D eigenvalue weighted by molar-refractivity contribution is 6.04. The van der Waals surface area contributed by atoms with E-state index < -0.39 is 5.97 Å². The number of nitrogens with one attached hydrogen (secondary N) is 2. The minimum atomic E-state index is -0.926. The van der Waals surface area contributed by atoms with Crippen LogP contribution in [0.4, 0.5) is 10.2 Å². The van der Waals surface area contributed by atoms with Crippen molar-refractivity contribution in [3.8, 4) is 16.9 Å². The van der Waals surface area contributed by atoms with Gasteiger partial charge in [0, 0.05) is 60.2 Å². The lowest BCUT2D eigenvalue weighted by Crippen LogP contribution is -2.10. The molecule has 0 radical (unpaired) electrons. The number of hydrogen-bond acceptors (Lipinski definition) is 6. The first-order valence-electron chi connectivity index (χ1n) is 12.9. The second-order valence-electron chi connectivity index (χ2n) is 9.81. The number of halogens is 1. The van der Waals surface area contributed by atoms with Crippen LogP contribution in [0.15, 0.2) is 72.7 Å². The van der Waals surface area contributed by atoms with Crippen LogP contribution in [-0.2, 0) is 24.1 Å². The molecule has 0 saturated heterocycles. The molecule has 9 heteroatoms. The predicted molar refractivity (Wildman–Crippen MR) is 152 cm³/mol. The SMILES string of the molecule is Cc1cn2nc(N/C=C(\C=N)Cc3ccc(F)cc3)cc2c(-c2ccc3c4c(ccnc24)CCO3)c1CC(=O)O. The van der Waals surface area contributed by atoms with Gasteiger partial charge in [0.2, 0.25) is 0 Å². The first-order chi connectivity index (χ1) is 19.4. The molecular formula is C31H26FN5O3. The standard InChI is InChI=1S/C31H26FN5O3/c1-18-17-37-25(14-27(36-37)35-16-20(15-33)12-19-2-4-22(32)5-3-19)30(24(18)13-28(38)39)23-6-7-26-29-21(9-11-40-26)8-10-34-31(23)29/h2-8,10,14-17,33H,9,11-13H2,1H3,(H,35,36)(H,38,39)/b20-16-,33-15?. The van der Waals surface area contributed by atoms with Crippen molar-refractivity contribution in [2.45, 2.75) is 26.2 Å². The Labute approximate surface area is 229 Å². The Bertz CT molecular complexity index is 1820. The fourth-order valence-electron chi connectivity index (χ4n) is 5.29. The van der Waals surface area contributed by atoms with Gasteiger partial charge >= 0.3 is 5.97 Å². The molecular weight excluding hydrogens is 509 g/mol. The summed E-state index contributed by atoms with van der Waals surface area (Å²) in [6.45, 7) is 2.49. The molecule has 200 valence electrons. The van der Waals surface area contributed by atoms with Gasteiger partial charge in [0.25, 0.3) is 0 Å². The Kier molecular flexibility index (Phi) is 6.47. The molecule has 8 nitrogen and oxygen atoms in total. The Morgan fingerprint density at radius 1 is 1.20 bits per heavy atom. The molecule has 0 atom stereocenters. The van der Waals surface area contributed by atoms with Crippen molar-refractivity contribution in [3.05, 3.63) is 101 Å². The Hall–Kier alpha value is -5.05. The van der Waals surface area contributed by atoms with E-state index in [1.807, 2.05) is 37.4 Å². The summed E-state index contributed by atoms with van der Waals surface area (Å²) in [6.07, 6.45) is 7.63. The average Bonchev–Trinajstić information content (AvgIpc) is 3.35. The zero-order valence-electron chi connectivity index (χ0n) is 21.7. The van der Waals surface area contributed by atoms with Crippen LogP contribution in [0.2, 0.25) is 0 Å². The van der Waals surface area contributed by atoms with Gasteiger partial charge in [0.15, 0.2) is 5.82 Å². The quantitative estimate of drug-likeness (QED) is 0.218. The van der Waals surface area contributed by atoms with E-state index in [1.165, 1.54) is 18.3 Å². The number of aryl methyl sites for hydroxylation is 1. The Morgan fingerprint density at radius 3 is 2.80 bits per heavy atom. The Morgan fingerprint density at radius 2 is 2.02 bits per heavy atom. The fraction of sp³-hybridized carbons (Fsp3) is 0.161. The van der Waals surface area contributed by atoms with E-state index in [2.05, 4.69) is 5.32 Å². The number of fused-ring (bicyclic) bond motifs is 1. The summed E-state index contributed by atoms with van der Waals surface area (Å²) < 4.78 is 20.9. The molecule has 0 amide bonds. The summed E-state index contributed by atoms with van der Waals surface area (Å²) in [5.41, 5.74) is 7.25. The van der Waals surface area contributed by atoms with Gasteiger partial charge in [-0.05, 0) is 65.1 Å². The number of anilines is 1. The zero-order chi connectivity index (χ0) is 27.8. The predicted octanol–water partition coefficient (Wildman–Crippen LogP) is 5.75. The summed E-state index contributed by atoms with van der Waals surface area (Å²) in [4.78, 5) is 16.6. The van der Waals surface area contributed by atoms with Crippen LogP contribution in [0, 0.1) is 18.2 Å². The van der Waals surface area contributed by atoms with Gasteiger partial charge < -0.3 is 20.6 Å². The molecule has 0 fully saturated rings. The van der Waals surface area contributed by atoms with Crippen molar-refractivity contribution in [3.63, 3.8) is 0 Å². The number of carboxylic acid groups (broad SMARTS) is 1. The third kappa shape index (κ3) is 4.66. The normalized spacial score (nSPS) is 12.9. The fourth-order valence-corrected chi connectivity index (χ4v) is 5.29. The van der Waals surface area contributed by atoms with E-state index in [-0.39, 0.29) is 12.2 Å². The minimum Gasteiger partial charge on any atom is -0.493 e. The van der Waals surface area contributed by atoms with Crippen molar-refractivity contribution in [1.29, 1.82) is 5.41 Å². The molecule has 0 unspecified atom stereocenters. The summed E-state index contributed by atoms with van der Waals surface area (Å²) >= 11 is 0. The van der Waals surface area contributed by atoms with Crippen LogP contribution < -0.4 is 10.1 Å². The van der Waals surface area contributed by atoms with E-state index in [4.69, 9.17) is 20.2 Å². The maximum atomic E-state index is 13.3. The van der Waals surface area contributed by atoms with E-state index in [9.17, 15) is 14.3 Å². The second-order valence-corrected chi connectivity index (χ2v) is 9.81. The van der Waals surface area contributed by atoms with E-state index in [0.29, 0.717) is 30.0 Å². The van der Waals surface area contributed by atoms with E-state index in [0.717, 1.165) is 56.4 Å². The van der Waals surface area contributed by atoms with E-state index >= 15 is 0 Å². The van der Waals surface area contributed by atoms with Crippen molar-refractivity contribution >= 4 is 34.4 Å². The van der Waals surface area contributed by atoms with Gasteiger partial charge in [0.1, 0.15) is 11.6 Å². The zero-order valence-corrected chi connectivity index (χ0v) is 21.7. The summed E-state index contributed by atoms with van der Waals surface area (Å²) in [7, 11) is 0. The molecule has 0 saturated carbocycles. The van der Waals surface area contributed by atoms with Crippen molar-refractivity contribution < 1.29 is 19.0 Å². The highest BCUT2D eigenvalue weighted by atomic mass is 19.1. The lowest BCUT2D eigenvalue weighted by molar-refractivity contribution is -0.136. The number of aromatic nitrogens is 3. The first kappa shape index (κ1) is 25.2. The molecule has 0 aliphatic carbocycles. The molecule has 2 aromatic carbocycles. The topological polar surface area (TPSA) is 113 Å². The molecule has 1 aliphatic heterocycles. The smallest absolute Gasteiger partial charge is 0.307 e. The number of nitrogens with zero attached hydrogens (tertiary/aromatic N) is 3. The number of allylic oxidation sites excluding steroid dienone is 1. The van der Waals surface area contributed by atoms with Gasteiger partial charge in [0.05, 0.1) is 24.1 Å². The molecule has 4 heterocycles. The average molecular weight is 536 g/mol. The van der Waals surface area contributed by atoms with Crippen LogP contribution in [0.25, 0.3) is 27.5 Å². The van der Waals surface area contributed by atoms with Crippen molar-refractivity contribution in [2.75, 3.05) is 11.9 Å². The van der Waals surface area contributed by atoms with Crippen molar-refractivity contribution in [2.24, 2.45) is 0 Å². The largest absolute Gasteiger partial charge is 0.493 e. The molecule has 1 aliphatic rings. The number of hydrogen-bond donors (Lipinski definition) is 3. The minimum absolute atomic E-state index is 0.152. The number of aliphatic carboxylic acids is 1. The molecule has 3 aromatic heterocycles. The number of carboxylic acids is 1. The third-order valence-corrected chi connectivity index (χ3v) is 7.16.